The minimum absolute atomic E-state index is 0.225. The minimum Gasteiger partial charge on any atom is -0.322 e. The van der Waals surface area contributed by atoms with Crippen LogP contribution < -0.4 is 5.32 Å². The van der Waals surface area contributed by atoms with E-state index in [1.165, 1.54) is 17.4 Å². The molecule has 30 heavy (non-hydrogen) atoms. The summed E-state index contributed by atoms with van der Waals surface area (Å²) >= 11 is 1.33. The Balaban J connectivity index is 1.52. The second kappa shape index (κ2) is 8.12. The SMILES string of the molecule is O=C(Nc1ccccc1)c1ccc(-c2nc(-c3cccc(C(F)(F)F)c3)cs2)cc1. The van der Waals surface area contributed by atoms with Crippen molar-refractivity contribution in [1.82, 2.24) is 4.98 Å². The summed E-state index contributed by atoms with van der Waals surface area (Å²) in [5.74, 6) is -0.225. The van der Waals surface area contributed by atoms with E-state index in [0.717, 1.165) is 17.7 Å². The summed E-state index contributed by atoms with van der Waals surface area (Å²) in [6, 6.07) is 21.2. The highest BCUT2D eigenvalue weighted by Gasteiger charge is 2.30. The number of aromatic nitrogens is 1. The normalized spacial score (nSPS) is 11.3. The molecule has 0 fully saturated rings. The Labute approximate surface area is 174 Å². The number of halogens is 3. The van der Waals surface area contributed by atoms with E-state index in [4.69, 9.17) is 0 Å². The Kier molecular flexibility index (Phi) is 5.37. The van der Waals surface area contributed by atoms with Crippen molar-refractivity contribution < 1.29 is 18.0 Å². The molecule has 3 aromatic carbocycles. The van der Waals surface area contributed by atoms with Gasteiger partial charge in [0.15, 0.2) is 0 Å². The van der Waals surface area contributed by atoms with Crippen molar-refractivity contribution in [3.05, 3.63) is 95.4 Å². The first-order chi connectivity index (χ1) is 14.4. The average molecular weight is 424 g/mol. The number of anilines is 1. The summed E-state index contributed by atoms with van der Waals surface area (Å²) < 4.78 is 38.8. The van der Waals surface area contributed by atoms with Crippen LogP contribution in [0.4, 0.5) is 18.9 Å². The van der Waals surface area contributed by atoms with Crippen molar-refractivity contribution in [3.8, 4) is 21.8 Å². The zero-order chi connectivity index (χ0) is 21.1. The molecule has 0 bridgehead atoms. The summed E-state index contributed by atoms with van der Waals surface area (Å²) in [5.41, 5.74) is 2.17. The standard InChI is InChI=1S/C23H15F3N2OS/c24-23(25,26)18-6-4-5-17(13-18)20-14-30-22(28-20)16-11-9-15(10-12-16)21(29)27-19-7-2-1-3-8-19/h1-14H,(H,27,29). The van der Waals surface area contributed by atoms with Crippen molar-refractivity contribution in [1.29, 1.82) is 0 Å². The van der Waals surface area contributed by atoms with Gasteiger partial charge in [0.25, 0.3) is 5.91 Å². The smallest absolute Gasteiger partial charge is 0.322 e. The predicted molar refractivity (Wildman–Crippen MR) is 112 cm³/mol. The number of benzene rings is 3. The fraction of sp³-hybridized carbons (Fsp3) is 0.0435. The van der Waals surface area contributed by atoms with Crippen LogP contribution in [0.1, 0.15) is 15.9 Å². The number of carbonyl (C=O) groups excluding carboxylic acids is 1. The number of carbonyl (C=O) groups is 1. The van der Waals surface area contributed by atoms with E-state index in [0.29, 0.717) is 27.5 Å². The van der Waals surface area contributed by atoms with Gasteiger partial charge in [-0.25, -0.2) is 4.98 Å². The lowest BCUT2D eigenvalue weighted by Gasteiger charge is -2.07. The lowest BCUT2D eigenvalue weighted by Crippen LogP contribution is -2.11. The van der Waals surface area contributed by atoms with Crippen LogP contribution in [0.15, 0.2) is 84.2 Å². The van der Waals surface area contributed by atoms with E-state index >= 15 is 0 Å². The van der Waals surface area contributed by atoms with Gasteiger partial charge < -0.3 is 5.32 Å². The van der Waals surface area contributed by atoms with Crippen molar-refractivity contribution in [2.75, 3.05) is 5.32 Å². The Hall–Kier alpha value is -3.45. The summed E-state index contributed by atoms with van der Waals surface area (Å²) in [5, 5.41) is 5.20. The monoisotopic (exact) mass is 424 g/mol. The van der Waals surface area contributed by atoms with Crippen LogP contribution in [0, 0.1) is 0 Å². The summed E-state index contributed by atoms with van der Waals surface area (Å²) in [4.78, 5) is 16.8. The predicted octanol–water partition coefficient (Wildman–Crippen LogP) is 6.75. The molecule has 7 heteroatoms. The first-order valence-electron chi connectivity index (χ1n) is 9.00. The highest BCUT2D eigenvalue weighted by atomic mass is 32.1. The van der Waals surface area contributed by atoms with Gasteiger partial charge in [0.1, 0.15) is 5.01 Å². The number of nitrogens with one attached hydrogen (secondary N) is 1. The molecule has 0 unspecified atom stereocenters. The highest BCUT2D eigenvalue weighted by molar-refractivity contribution is 7.13. The molecule has 4 rings (SSSR count). The van der Waals surface area contributed by atoms with E-state index in [1.807, 2.05) is 18.2 Å². The molecule has 3 nitrogen and oxygen atoms in total. The third-order valence-corrected chi connectivity index (χ3v) is 5.31. The maximum absolute atomic E-state index is 12.9. The van der Waals surface area contributed by atoms with Crippen LogP contribution in [0.5, 0.6) is 0 Å². The molecule has 1 heterocycles. The average Bonchev–Trinajstić information content (AvgIpc) is 3.24. The third kappa shape index (κ3) is 4.41. The Morgan fingerprint density at radius 3 is 2.30 bits per heavy atom. The summed E-state index contributed by atoms with van der Waals surface area (Å²) in [6.07, 6.45) is -4.40. The quantitative estimate of drug-likeness (QED) is 0.394. The molecule has 1 N–H and O–H groups in total. The highest BCUT2D eigenvalue weighted by Crippen LogP contribution is 2.34. The van der Waals surface area contributed by atoms with Crippen molar-refractivity contribution in [2.45, 2.75) is 6.18 Å². The van der Waals surface area contributed by atoms with Crippen molar-refractivity contribution >= 4 is 22.9 Å². The Bertz CT molecular complexity index is 1170. The largest absolute Gasteiger partial charge is 0.416 e. The number of nitrogens with zero attached hydrogens (tertiary/aromatic N) is 1. The lowest BCUT2D eigenvalue weighted by molar-refractivity contribution is -0.137. The van der Waals surface area contributed by atoms with Gasteiger partial charge >= 0.3 is 6.18 Å². The molecule has 150 valence electrons. The fourth-order valence-electron chi connectivity index (χ4n) is 2.88. The maximum atomic E-state index is 12.9. The molecule has 0 saturated heterocycles. The molecular weight excluding hydrogens is 409 g/mol. The molecular formula is C23H15F3N2OS. The summed E-state index contributed by atoms with van der Waals surface area (Å²) in [7, 11) is 0. The van der Waals surface area contributed by atoms with Crippen LogP contribution >= 0.6 is 11.3 Å². The van der Waals surface area contributed by atoms with Gasteiger partial charge in [-0.3, -0.25) is 4.79 Å². The summed E-state index contributed by atoms with van der Waals surface area (Å²) in [6.45, 7) is 0. The van der Waals surface area contributed by atoms with E-state index < -0.39 is 11.7 Å². The number of hydrogen-bond donors (Lipinski definition) is 1. The first kappa shape index (κ1) is 19.8. The molecule has 0 saturated carbocycles. The maximum Gasteiger partial charge on any atom is 0.416 e. The second-order valence-electron chi connectivity index (χ2n) is 6.51. The van der Waals surface area contributed by atoms with E-state index in [-0.39, 0.29) is 5.91 Å². The Morgan fingerprint density at radius 1 is 0.867 bits per heavy atom. The van der Waals surface area contributed by atoms with Crippen LogP contribution in [0.2, 0.25) is 0 Å². The molecule has 0 aliphatic heterocycles. The minimum atomic E-state index is -4.40. The fourth-order valence-corrected chi connectivity index (χ4v) is 3.72. The van der Waals surface area contributed by atoms with Gasteiger partial charge in [-0.15, -0.1) is 11.3 Å². The zero-order valence-electron chi connectivity index (χ0n) is 15.5. The van der Waals surface area contributed by atoms with Crippen LogP contribution in [-0.4, -0.2) is 10.9 Å². The molecule has 1 aromatic heterocycles. The zero-order valence-corrected chi connectivity index (χ0v) is 16.3. The van der Waals surface area contributed by atoms with Crippen molar-refractivity contribution in [3.63, 3.8) is 0 Å². The molecule has 0 aliphatic rings. The number of thiazole rings is 1. The first-order valence-corrected chi connectivity index (χ1v) is 9.88. The molecule has 1 amide bonds. The van der Waals surface area contributed by atoms with Gasteiger partial charge in [-0.05, 0) is 36.4 Å². The van der Waals surface area contributed by atoms with Gasteiger partial charge in [-0.1, -0.05) is 42.5 Å². The molecule has 0 atom stereocenters. The molecule has 4 aromatic rings. The van der Waals surface area contributed by atoms with Crippen LogP contribution in [-0.2, 0) is 6.18 Å². The Morgan fingerprint density at radius 2 is 1.60 bits per heavy atom. The van der Waals surface area contributed by atoms with Crippen LogP contribution in [0.3, 0.4) is 0 Å². The van der Waals surface area contributed by atoms with Crippen molar-refractivity contribution in [2.24, 2.45) is 0 Å². The molecule has 0 spiro atoms. The second-order valence-corrected chi connectivity index (χ2v) is 7.37. The molecule has 0 radical (unpaired) electrons. The number of hydrogen-bond acceptors (Lipinski definition) is 3. The van der Waals surface area contributed by atoms with Gasteiger partial charge in [0.2, 0.25) is 0 Å². The van der Waals surface area contributed by atoms with E-state index in [1.54, 1.807) is 47.8 Å². The number of alkyl halides is 3. The van der Waals surface area contributed by atoms with Gasteiger partial charge in [-0.2, -0.15) is 13.2 Å². The number of rotatable bonds is 4. The van der Waals surface area contributed by atoms with E-state index in [9.17, 15) is 18.0 Å². The van der Waals surface area contributed by atoms with Gasteiger partial charge in [0.05, 0.1) is 11.3 Å². The van der Waals surface area contributed by atoms with Crippen LogP contribution in [0.25, 0.3) is 21.8 Å². The number of amides is 1. The third-order valence-electron chi connectivity index (χ3n) is 4.42. The molecule has 0 aliphatic carbocycles. The van der Waals surface area contributed by atoms with E-state index in [2.05, 4.69) is 10.3 Å². The topological polar surface area (TPSA) is 42.0 Å². The number of para-hydroxylation sites is 1. The lowest BCUT2D eigenvalue weighted by atomic mass is 10.1. The van der Waals surface area contributed by atoms with Gasteiger partial charge in [0, 0.05) is 27.8 Å².